The number of rotatable bonds is 4. The lowest BCUT2D eigenvalue weighted by Crippen LogP contribution is -1.98. The summed E-state index contributed by atoms with van der Waals surface area (Å²) in [5, 5.41) is 1.22. The van der Waals surface area contributed by atoms with Gasteiger partial charge in [-0.2, -0.15) is 0 Å². The molecule has 0 radical (unpaired) electrons. The molecule has 0 bridgehead atoms. The van der Waals surface area contributed by atoms with Crippen LogP contribution >= 0.6 is 0 Å². The van der Waals surface area contributed by atoms with E-state index in [0.29, 0.717) is 11.3 Å². The van der Waals surface area contributed by atoms with Gasteiger partial charge in [0.25, 0.3) is 0 Å². The second-order valence-electron chi connectivity index (χ2n) is 12.3. The fourth-order valence-corrected chi connectivity index (χ4v) is 7.31. The van der Waals surface area contributed by atoms with E-state index < -0.39 is 72.2 Å². The van der Waals surface area contributed by atoms with Crippen LogP contribution in [0.2, 0.25) is 0 Å². The highest BCUT2D eigenvalue weighted by atomic mass is 15.0. The van der Waals surface area contributed by atoms with E-state index in [1.165, 1.54) is 0 Å². The molecule has 11 rings (SSSR count). The van der Waals surface area contributed by atoms with Crippen molar-refractivity contribution in [2.45, 2.75) is 0 Å². The lowest BCUT2D eigenvalue weighted by Gasteiger charge is -2.13. The standard InChI is InChI=1S/C48H31N3/c1-3-13-32(14-4-1)33-23-26-40-42-28-24-35(50-44-21-11-7-17-37(44)38-18-8-12-22-45(38)50)30-48(42)51(46(40)29-33)36-25-27-41-39-19-9-10-20-43(39)49(47(41)31-36)34-15-5-2-6-16-34/h1-31H/i7D,8D,11D,12D,17D,18D,21D,22D,23D,24D,26D,28D,29D,30D. The van der Waals surface area contributed by atoms with Gasteiger partial charge >= 0.3 is 0 Å². The first-order valence-corrected chi connectivity index (χ1v) is 16.4. The van der Waals surface area contributed by atoms with Crippen LogP contribution in [0.15, 0.2) is 188 Å². The fraction of sp³-hybridized carbons (Fsp3) is 0. The number of hydrogen-bond donors (Lipinski definition) is 0. The van der Waals surface area contributed by atoms with Crippen molar-refractivity contribution in [3.05, 3.63) is 188 Å². The van der Waals surface area contributed by atoms with Crippen LogP contribution < -0.4 is 0 Å². The van der Waals surface area contributed by atoms with Crippen LogP contribution in [0.1, 0.15) is 19.2 Å². The lowest BCUT2D eigenvalue weighted by atomic mass is 10.0. The van der Waals surface area contributed by atoms with Gasteiger partial charge in [-0.05, 0) is 71.7 Å². The summed E-state index contributed by atoms with van der Waals surface area (Å²) in [6.45, 7) is 0. The third kappa shape index (κ3) is 4.12. The minimum atomic E-state index is -0.683. The molecule has 0 N–H and O–H groups in total. The normalized spacial score (nSPS) is 15.8. The molecule has 8 aromatic carbocycles. The Kier molecular flexibility index (Phi) is 3.76. The van der Waals surface area contributed by atoms with Crippen LogP contribution in [0.4, 0.5) is 0 Å². The van der Waals surface area contributed by atoms with Gasteiger partial charge in [-0.15, -0.1) is 0 Å². The zero-order chi connectivity index (χ0) is 45.7. The Morgan fingerprint density at radius 1 is 0.314 bits per heavy atom. The first kappa shape index (κ1) is 17.7. The zero-order valence-corrected chi connectivity index (χ0v) is 26.7. The van der Waals surface area contributed by atoms with Gasteiger partial charge < -0.3 is 13.7 Å². The molecular weight excluding hydrogens is 619 g/mol. The maximum atomic E-state index is 10.2. The molecule has 0 aliphatic rings. The summed E-state index contributed by atoms with van der Waals surface area (Å²) in [6.07, 6.45) is 0. The highest BCUT2D eigenvalue weighted by molar-refractivity contribution is 6.14. The van der Waals surface area contributed by atoms with Crippen LogP contribution in [0.25, 0.3) is 93.6 Å². The number of para-hydroxylation sites is 4. The summed E-state index contributed by atoms with van der Waals surface area (Å²) in [5.41, 5.74) is 2.46. The van der Waals surface area contributed by atoms with E-state index >= 15 is 0 Å². The summed E-state index contributed by atoms with van der Waals surface area (Å²) < 4.78 is 134. The Hall–Kier alpha value is -6.84. The second kappa shape index (κ2) is 10.8. The van der Waals surface area contributed by atoms with Gasteiger partial charge in [0.05, 0.1) is 52.3 Å². The van der Waals surface area contributed by atoms with E-state index in [2.05, 4.69) is 4.57 Å². The van der Waals surface area contributed by atoms with E-state index in [1.807, 2.05) is 66.7 Å². The minimum Gasteiger partial charge on any atom is -0.309 e. The molecule has 0 aliphatic carbocycles. The van der Waals surface area contributed by atoms with Crippen molar-refractivity contribution >= 4 is 65.4 Å². The predicted molar refractivity (Wildman–Crippen MR) is 215 cm³/mol. The van der Waals surface area contributed by atoms with Gasteiger partial charge in [0, 0.05) is 49.4 Å². The van der Waals surface area contributed by atoms with E-state index in [9.17, 15) is 8.22 Å². The van der Waals surface area contributed by atoms with Gasteiger partial charge in [-0.25, -0.2) is 0 Å². The van der Waals surface area contributed by atoms with Crippen molar-refractivity contribution in [1.82, 2.24) is 13.7 Å². The van der Waals surface area contributed by atoms with E-state index in [0.717, 1.165) is 32.1 Å². The highest BCUT2D eigenvalue weighted by Crippen LogP contribution is 2.40. The number of aromatic nitrogens is 3. The largest absolute Gasteiger partial charge is 0.309 e. The maximum absolute atomic E-state index is 10.2. The predicted octanol–water partition coefficient (Wildman–Crippen LogP) is 12.6. The first-order valence-electron chi connectivity index (χ1n) is 23.4. The first-order chi connectivity index (χ1) is 31.2. The molecular formula is C48H31N3. The molecule has 0 amide bonds. The fourth-order valence-electron chi connectivity index (χ4n) is 7.31. The van der Waals surface area contributed by atoms with Crippen LogP contribution in [0.5, 0.6) is 0 Å². The number of benzene rings is 8. The van der Waals surface area contributed by atoms with Crippen LogP contribution in [0, 0.1) is 0 Å². The van der Waals surface area contributed by atoms with Gasteiger partial charge in [0.15, 0.2) is 0 Å². The third-order valence-corrected chi connectivity index (χ3v) is 9.52. The molecule has 3 heterocycles. The van der Waals surface area contributed by atoms with Crippen molar-refractivity contribution in [3.63, 3.8) is 0 Å². The van der Waals surface area contributed by atoms with Gasteiger partial charge in [0.2, 0.25) is 0 Å². The monoisotopic (exact) mass is 663 g/mol. The molecule has 0 aliphatic heterocycles. The quantitative estimate of drug-likeness (QED) is 0.178. The van der Waals surface area contributed by atoms with Crippen LogP contribution in [-0.4, -0.2) is 13.7 Å². The summed E-state index contributed by atoms with van der Waals surface area (Å²) >= 11 is 0. The minimum absolute atomic E-state index is 0.0250. The molecule has 0 saturated heterocycles. The third-order valence-electron chi connectivity index (χ3n) is 9.52. The average molecular weight is 664 g/mol. The maximum Gasteiger partial charge on any atom is 0.0667 e. The zero-order valence-electron chi connectivity index (χ0n) is 40.7. The van der Waals surface area contributed by atoms with Crippen LogP contribution in [0.3, 0.4) is 0 Å². The number of nitrogens with zero attached hydrogens (tertiary/aromatic N) is 3. The summed E-state index contributed by atoms with van der Waals surface area (Å²) in [4.78, 5) is 0. The smallest absolute Gasteiger partial charge is 0.0667 e. The molecule has 11 aromatic rings. The number of fused-ring (bicyclic) bond motifs is 9. The van der Waals surface area contributed by atoms with Crippen LogP contribution in [-0.2, 0) is 0 Å². The Morgan fingerprint density at radius 2 is 0.882 bits per heavy atom. The molecule has 0 saturated carbocycles. The Bertz CT molecular complexity index is 3850. The van der Waals surface area contributed by atoms with E-state index in [-0.39, 0.29) is 67.3 Å². The Morgan fingerprint density at radius 3 is 1.65 bits per heavy atom. The van der Waals surface area contributed by atoms with Crippen molar-refractivity contribution in [2.75, 3.05) is 0 Å². The molecule has 3 aromatic heterocycles. The van der Waals surface area contributed by atoms with Gasteiger partial charge in [0.1, 0.15) is 0 Å². The van der Waals surface area contributed by atoms with Gasteiger partial charge in [-0.1, -0.05) is 127 Å². The summed E-state index contributed by atoms with van der Waals surface area (Å²) in [6, 6.07) is 24.3. The Labute approximate surface area is 314 Å². The van der Waals surface area contributed by atoms with Gasteiger partial charge in [-0.3, -0.25) is 0 Å². The summed E-state index contributed by atoms with van der Waals surface area (Å²) in [7, 11) is 0. The van der Waals surface area contributed by atoms with Crippen molar-refractivity contribution in [1.29, 1.82) is 0 Å². The lowest BCUT2D eigenvalue weighted by molar-refractivity contribution is 1.14. The number of hydrogen-bond acceptors (Lipinski definition) is 0. The topological polar surface area (TPSA) is 14.8 Å². The van der Waals surface area contributed by atoms with Crippen molar-refractivity contribution < 1.29 is 19.2 Å². The van der Waals surface area contributed by atoms with Crippen molar-refractivity contribution in [2.24, 2.45) is 0 Å². The average Bonchev–Trinajstić information content (AvgIpc) is 3.98. The van der Waals surface area contributed by atoms with E-state index in [1.54, 1.807) is 41.0 Å². The Balaban J connectivity index is 1.39. The van der Waals surface area contributed by atoms with Crippen molar-refractivity contribution in [3.8, 4) is 28.2 Å². The molecule has 238 valence electrons. The van der Waals surface area contributed by atoms with E-state index in [4.69, 9.17) is 11.0 Å². The molecule has 0 spiro atoms. The SMILES string of the molecule is [2H]c1c(-c2ccccc2)c([2H])c2c(c1[2H])c1c([2H])c([2H])c(-n3c4c([2H])c([2H])c([2H])c([2H])c4c4c([2H])c([2H])c([2H])c([2H])c43)c([2H])c1n2-c1ccc2c3ccccc3n(-c3ccccc3)c2c1. The molecule has 0 unspecified atom stereocenters. The molecule has 3 heteroatoms. The molecule has 3 nitrogen and oxygen atoms in total. The highest BCUT2D eigenvalue weighted by Gasteiger charge is 2.19. The molecule has 51 heavy (non-hydrogen) atoms. The molecule has 0 fully saturated rings. The second-order valence-corrected chi connectivity index (χ2v) is 12.3. The summed E-state index contributed by atoms with van der Waals surface area (Å²) in [5.74, 6) is 0. The molecule has 0 atom stereocenters.